The van der Waals surface area contributed by atoms with Crippen molar-refractivity contribution in [2.75, 3.05) is 6.61 Å². The number of phenolic OH excluding ortho intramolecular Hbond substituents is 1. The van der Waals surface area contributed by atoms with Gasteiger partial charge in [-0.15, -0.1) is 0 Å². The van der Waals surface area contributed by atoms with Gasteiger partial charge in [0.05, 0.1) is 17.7 Å². The fourth-order valence-corrected chi connectivity index (χ4v) is 7.55. The molecule has 0 bridgehead atoms. The molecule has 5 rings (SSSR count). The molecule has 0 saturated carbocycles. The topological polar surface area (TPSA) is 183 Å². The van der Waals surface area contributed by atoms with E-state index in [-0.39, 0.29) is 78.8 Å². The van der Waals surface area contributed by atoms with Crippen LogP contribution in [0.25, 0.3) is 0 Å². The zero-order valence-corrected chi connectivity index (χ0v) is 33.3. The van der Waals surface area contributed by atoms with Crippen LogP contribution in [0.4, 0.5) is 0 Å². The van der Waals surface area contributed by atoms with Crippen molar-refractivity contribution in [1.29, 1.82) is 0 Å². The van der Waals surface area contributed by atoms with Crippen molar-refractivity contribution in [3.05, 3.63) is 100 Å². The van der Waals surface area contributed by atoms with E-state index in [0.717, 1.165) is 0 Å². The van der Waals surface area contributed by atoms with Gasteiger partial charge >= 0.3 is 23.9 Å². The lowest BCUT2D eigenvalue weighted by Gasteiger charge is -2.35. The Bertz CT molecular complexity index is 2240. The molecule has 284 valence electrons. The lowest BCUT2D eigenvalue weighted by atomic mass is 9.81. The first-order valence-corrected chi connectivity index (χ1v) is 17.9. The van der Waals surface area contributed by atoms with E-state index in [1.807, 2.05) is 0 Å². The van der Waals surface area contributed by atoms with Gasteiger partial charge in [0.1, 0.15) is 27.3 Å². The molecule has 0 unspecified atom stereocenters. The fraction of sp³-hybridized carbons (Fsp3) is 0.341. The van der Waals surface area contributed by atoms with Crippen LogP contribution in [0.15, 0.2) is 33.5 Å². The van der Waals surface area contributed by atoms with Crippen molar-refractivity contribution in [2.24, 2.45) is 0 Å². The lowest BCUT2D eigenvalue weighted by Crippen LogP contribution is -2.49. The molecule has 1 aliphatic carbocycles. The Morgan fingerprint density at radius 1 is 0.741 bits per heavy atom. The molecule has 1 heterocycles. The van der Waals surface area contributed by atoms with E-state index in [9.17, 15) is 39.3 Å². The van der Waals surface area contributed by atoms with Crippen molar-refractivity contribution < 1.29 is 58.2 Å². The summed E-state index contributed by atoms with van der Waals surface area (Å²) in [7, 11) is 0. The monoisotopic (exact) mass is 804 g/mol. The SMILES string of the molecule is CC1=CC(=O)C2=C(OCCC2)[C@@]1(O)C(=O)Oc1c(C)c(C)c(C(=O)Oc2cc(C)c(C(=O)Oc3c(C)c(C)c(C(=O)O)c(C)c3C)c(C)c2C)c(O)c1Br. The summed E-state index contributed by atoms with van der Waals surface area (Å²) in [6, 6.07) is 1.51. The first-order valence-electron chi connectivity index (χ1n) is 17.1. The van der Waals surface area contributed by atoms with Crippen molar-refractivity contribution in [1.82, 2.24) is 0 Å². The number of hydrogen-bond acceptors (Lipinski definition) is 11. The summed E-state index contributed by atoms with van der Waals surface area (Å²) in [6.07, 6.45) is 2.03. The number of phenols is 1. The number of hydrogen-bond donors (Lipinski definition) is 3. The summed E-state index contributed by atoms with van der Waals surface area (Å²) in [4.78, 5) is 65.5. The van der Waals surface area contributed by atoms with Crippen LogP contribution in [-0.4, -0.2) is 57.2 Å². The Kier molecular flexibility index (Phi) is 10.7. The minimum atomic E-state index is -2.39. The molecule has 0 amide bonds. The van der Waals surface area contributed by atoms with E-state index in [2.05, 4.69) is 15.9 Å². The van der Waals surface area contributed by atoms with Crippen molar-refractivity contribution in [3.63, 3.8) is 0 Å². The van der Waals surface area contributed by atoms with Gasteiger partial charge < -0.3 is 34.3 Å². The van der Waals surface area contributed by atoms with Crippen LogP contribution in [0.1, 0.15) is 101 Å². The highest BCUT2D eigenvalue weighted by Crippen LogP contribution is 2.45. The summed E-state index contributed by atoms with van der Waals surface area (Å²) >= 11 is 3.24. The predicted molar refractivity (Wildman–Crippen MR) is 200 cm³/mol. The quantitative estimate of drug-likeness (QED) is 0.160. The number of carbonyl (C=O) groups excluding carboxylic acids is 4. The van der Waals surface area contributed by atoms with Gasteiger partial charge in [-0.1, -0.05) is 0 Å². The maximum Gasteiger partial charge on any atom is 0.356 e. The molecule has 3 N–H and O–H groups in total. The van der Waals surface area contributed by atoms with Crippen LogP contribution in [0.3, 0.4) is 0 Å². The van der Waals surface area contributed by atoms with E-state index in [1.165, 1.54) is 26.0 Å². The molecular weight excluding hydrogens is 764 g/mol. The molecule has 54 heavy (non-hydrogen) atoms. The molecule has 13 heteroatoms. The Balaban J connectivity index is 1.44. The normalized spacial score (nSPS) is 16.7. The Morgan fingerprint density at radius 3 is 1.87 bits per heavy atom. The second kappa shape index (κ2) is 14.5. The van der Waals surface area contributed by atoms with E-state index in [1.54, 1.807) is 55.4 Å². The van der Waals surface area contributed by atoms with Gasteiger partial charge in [0.15, 0.2) is 17.3 Å². The first-order chi connectivity index (χ1) is 25.2. The number of aromatic carboxylic acids is 1. The second-order valence-electron chi connectivity index (χ2n) is 13.8. The number of aryl methyl sites for hydroxylation is 1. The zero-order valence-electron chi connectivity index (χ0n) is 31.7. The molecular formula is C41H41BrO12. The molecule has 0 aromatic heterocycles. The number of aliphatic hydroxyl groups is 1. The number of aromatic hydroxyl groups is 1. The number of benzene rings is 3. The highest BCUT2D eigenvalue weighted by Gasteiger charge is 2.51. The van der Waals surface area contributed by atoms with E-state index in [4.69, 9.17) is 18.9 Å². The molecule has 2 aliphatic rings. The summed E-state index contributed by atoms with van der Waals surface area (Å²) in [6.45, 7) is 16.4. The van der Waals surface area contributed by atoms with Crippen LogP contribution in [0.2, 0.25) is 0 Å². The number of carboxylic acids is 1. The minimum absolute atomic E-state index is 0.0122. The molecule has 3 aromatic carbocycles. The van der Waals surface area contributed by atoms with Gasteiger partial charge in [0, 0.05) is 5.57 Å². The van der Waals surface area contributed by atoms with E-state index < -0.39 is 35.2 Å². The third kappa shape index (κ3) is 6.38. The molecule has 0 radical (unpaired) electrons. The Labute approximate surface area is 320 Å². The van der Waals surface area contributed by atoms with Gasteiger partial charge in [-0.3, -0.25) is 4.79 Å². The van der Waals surface area contributed by atoms with E-state index >= 15 is 0 Å². The third-order valence-corrected chi connectivity index (χ3v) is 11.4. The van der Waals surface area contributed by atoms with Crippen molar-refractivity contribution in [2.45, 2.75) is 87.7 Å². The van der Waals surface area contributed by atoms with Crippen LogP contribution < -0.4 is 14.2 Å². The number of ketones is 1. The number of esters is 3. The zero-order chi connectivity index (χ0) is 40.3. The molecule has 1 atom stereocenters. The average Bonchev–Trinajstić information content (AvgIpc) is 3.11. The minimum Gasteiger partial charge on any atom is -0.506 e. The maximum absolute atomic E-state index is 13.7. The maximum atomic E-state index is 13.7. The number of rotatable bonds is 7. The third-order valence-electron chi connectivity index (χ3n) is 10.7. The Hall–Kier alpha value is -5.27. The molecule has 0 saturated heterocycles. The first kappa shape index (κ1) is 39.9. The number of carbonyl (C=O) groups is 5. The largest absolute Gasteiger partial charge is 0.506 e. The number of ether oxygens (including phenoxy) is 4. The van der Waals surface area contributed by atoms with Gasteiger partial charge in [-0.05, 0) is 166 Å². The van der Waals surface area contributed by atoms with Gasteiger partial charge in [0.25, 0.3) is 0 Å². The second-order valence-corrected chi connectivity index (χ2v) is 14.6. The van der Waals surface area contributed by atoms with Gasteiger partial charge in [-0.25, -0.2) is 19.2 Å². The molecule has 1 aliphatic heterocycles. The molecule has 0 fully saturated rings. The van der Waals surface area contributed by atoms with Crippen LogP contribution in [0, 0.1) is 62.3 Å². The Morgan fingerprint density at radius 2 is 1.28 bits per heavy atom. The van der Waals surface area contributed by atoms with Crippen molar-refractivity contribution >= 4 is 45.6 Å². The summed E-state index contributed by atoms with van der Waals surface area (Å²) < 4.78 is 22.8. The molecule has 12 nitrogen and oxygen atoms in total. The summed E-state index contributed by atoms with van der Waals surface area (Å²) in [5.41, 5.74) is 1.86. The van der Waals surface area contributed by atoms with Crippen molar-refractivity contribution in [3.8, 4) is 23.0 Å². The fourth-order valence-electron chi connectivity index (χ4n) is 6.97. The number of carboxylic acid groups (broad SMARTS) is 1. The molecule has 0 spiro atoms. The average molecular weight is 806 g/mol. The smallest absolute Gasteiger partial charge is 0.356 e. The van der Waals surface area contributed by atoms with E-state index in [0.29, 0.717) is 51.8 Å². The summed E-state index contributed by atoms with van der Waals surface area (Å²) in [5, 5.41) is 32.6. The number of halogens is 1. The number of allylic oxidation sites excluding steroid dienone is 2. The van der Waals surface area contributed by atoms with Gasteiger partial charge in [-0.2, -0.15) is 0 Å². The lowest BCUT2D eigenvalue weighted by molar-refractivity contribution is -0.152. The van der Waals surface area contributed by atoms with Crippen LogP contribution >= 0.6 is 15.9 Å². The van der Waals surface area contributed by atoms with Crippen LogP contribution in [-0.2, 0) is 14.3 Å². The summed E-state index contributed by atoms with van der Waals surface area (Å²) in [5.74, 6) is -4.74. The highest BCUT2D eigenvalue weighted by atomic mass is 79.9. The highest BCUT2D eigenvalue weighted by molar-refractivity contribution is 9.10. The van der Waals surface area contributed by atoms with Crippen LogP contribution in [0.5, 0.6) is 23.0 Å². The molecule has 3 aromatic rings. The standard InChI is InChI=1S/C41H41BrO12/c1-16-14-28(18(3)19(4)29(16)38(47)53-34-23(8)20(5)30(37(45)46)21(6)24(34)9)52-39(48)31-22(7)25(10)35(32(42)33(31)44)54-40(49)41(50)17(2)15-27(43)26-12-11-13-51-36(26)41/h14-15,44,50H,11-13H2,1-10H3,(H,45,46)/t41-/m1/s1. The predicted octanol–water partition coefficient (Wildman–Crippen LogP) is 7.30. The van der Waals surface area contributed by atoms with Gasteiger partial charge in [0.2, 0.25) is 5.60 Å².